The van der Waals surface area contributed by atoms with E-state index in [9.17, 15) is 4.79 Å². The molecule has 1 amide bonds. The molecular formula is C12H20N2OSi. The van der Waals surface area contributed by atoms with Crippen LogP contribution in [0.2, 0.25) is 19.6 Å². The molecule has 1 N–H and O–H groups in total. The molecule has 3 nitrogen and oxygen atoms in total. The van der Waals surface area contributed by atoms with Crippen LogP contribution in [0.5, 0.6) is 0 Å². The second kappa shape index (κ2) is 5.25. The topological polar surface area (TPSA) is 42.0 Å². The van der Waals surface area contributed by atoms with Crippen molar-refractivity contribution in [3.05, 3.63) is 23.9 Å². The number of hydrogen-bond donors (Lipinski definition) is 1. The molecule has 16 heavy (non-hydrogen) atoms. The molecule has 0 radical (unpaired) electrons. The highest BCUT2D eigenvalue weighted by Crippen LogP contribution is 2.01. The summed E-state index contributed by atoms with van der Waals surface area (Å²) in [6, 6.07) is 6.18. The second-order valence-corrected chi connectivity index (χ2v) is 10.0. The van der Waals surface area contributed by atoms with Gasteiger partial charge in [0.2, 0.25) is 5.91 Å². The SMILES string of the molecule is CC(=O)NCCc1cccc([Si](C)(C)C)n1. The molecule has 88 valence electrons. The zero-order chi connectivity index (χ0) is 12.2. The first-order chi connectivity index (χ1) is 7.39. The lowest BCUT2D eigenvalue weighted by molar-refractivity contribution is -0.118. The van der Waals surface area contributed by atoms with Crippen LogP contribution in [-0.2, 0) is 11.2 Å². The molecule has 0 aliphatic heterocycles. The van der Waals surface area contributed by atoms with Gasteiger partial charge in [-0.25, -0.2) is 0 Å². The molecule has 0 aliphatic rings. The predicted molar refractivity (Wildman–Crippen MR) is 69.6 cm³/mol. The molecule has 0 spiro atoms. The maximum Gasteiger partial charge on any atom is 0.216 e. The summed E-state index contributed by atoms with van der Waals surface area (Å²) >= 11 is 0. The minimum Gasteiger partial charge on any atom is -0.356 e. The van der Waals surface area contributed by atoms with Gasteiger partial charge in [-0.05, 0) is 12.1 Å². The summed E-state index contributed by atoms with van der Waals surface area (Å²) in [4.78, 5) is 15.4. The number of carbonyl (C=O) groups is 1. The lowest BCUT2D eigenvalue weighted by atomic mass is 10.3. The van der Waals surface area contributed by atoms with Crippen LogP contribution in [0.3, 0.4) is 0 Å². The van der Waals surface area contributed by atoms with Gasteiger partial charge < -0.3 is 5.32 Å². The van der Waals surface area contributed by atoms with Crippen molar-refractivity contribution in [1.82, 2.24) is 10.3 Å². The molecular weight excluding hydrogens is 216 g/mol. The van der Waals surface area contributed by atoms with E-state index in [4.69, 9.17) is 0 Å². The molecule has 0 aliphatic carbocycles. The smallest absolute Gasteiger partial charge is 0.216 e. The average molecular weight is 236 g/mol. The molecule has 0 saturated carbocycles. The van der Waals surface area contributed by atoms with Gasteiger partial charge in [0.15, 0.2) is 0 Å². The highest BCUT2D eigenvalue weighted by atomic mass is 28.3. The lowest BCUT2D eigenvalue weighted by Gasteiger charge is -2.16. The van der Waals surface area contributed by atoms with Gasteiger partial charge in [-0.2, -0.15) is 0 Å². The van der Waals surface area contributed by atoms with Crippen molar-refractivity contribution in [2.75, 3.05) is 6.54 Å². The highest BCUT2D eigenvalue weighted by Gasteiger charge is 2.17. The Balaban J connectivity index is 2.64. The van der Waals surface area contributed by atoms with E-state index < -0.39 is 8.07 Å². The Bertz CT molecular complexity index is 372. The number of nitrogens with zero attached hydrogens (tertiary/aromatic N) is 1. The van der Waals surface area contributed by atoms with Crippen molar-refractivity contribution in [3.8, 4) is 0 Å². The maximum absolute atomic E-state index is 10.7. The van der Waals surface area contributed by atoms with E-state index in [2.05, 4.69) is 42.1 Å². The minimum absolute atomic E-state index is 0.0151. The number of nitrogens with one attached hydrogen (secondary N) is 1. The van der Waals surface area contributed by atoms with Gasteiger partial charge in [0.1, 0.15) is 8.07 Å². The Hall–Kier alpha value is -1.16. The van der Waals surface area contributed by atoms with Crippen molar-refractivity contribution in [3.63, 3.8) is 0 Å². The third kappa shape index (κ3) is 4.14. The summed E-state index contributed by atoms with van der Waals surface area (Å²) < 4.78 is 0. The number of aromatic nitrogens is 1. The minimum atomic E-state index is -1.32. The Kier molecular flexibility index (Phi) is 4.24. The standard InChI is InChI=1S/C12H20N2OSi/c1-10(15)13-9-8-11-6-5-7-12(14-11)16(2,3)4/h5-7H,8-9H2,1-4H3,(H,13,15). The molecule has 1 aromatic heterocycles. The lowest BCUT2D eigenvalue weighted by Crippen LogP contribution is -2.40. The van der Waals surface area contributed by atoms with Crippen LogP contribution in [-0.4, -0.2) is 25.5 Å². The largest absolute Gasteiger partial charge is 0.356 e. The van der Waals surface area contributed by atoms with Crippen molar-refractivity contribution in [2.45, 2.75) is 33.0 Å². The second-order valence-electron chi connectivity index (χ2n) is 5.00. The summed E-state index contributed by atoms with van der Waals surface area (Å²) in [6.07, 6.45) is 0.803. The van der Waals surface area contributed by atoms with Crippen molar-refractivity contribution >= 4 is 19.3 Å². The summed E-state index contributed by atoms with van der Waals surface area (Å²) in [5.74, 6) is 0.0151. The third-order valence-corrected chi connectivity index (χ3v) is 4.15. The number of hydrogen-bond acceptors (Lipinski definition) is 2. The van der Waals surface area contributed by atoms with E-state index in [0.29, 0.717) is 6.54 Å². The average Bonchev–Trinajstić information content (AvgIpc) is 2.16. The molecule has 0 fully saturated rings. The van der Waals surface area contributed by atoms with E-state index in [0.717, 1.165) is 12.1 Å². The highest BCUT2D eigenvalue weighted by molar-refractivity contribution is 6.88. The van der Waals surface area contributed by atoms with Gasteiger partial charge >= 0.3 is 0 Å². The van der Waals surface area contributed by atoms with E-state index in [1.54, 1.807) is 0 Å². The quantitative estimate of drug-likeness (QED) is 0.801. The first kappa shape index (κ1) is 12.9. The summed E-state index contributed by atoms with van der Waals surface area (Å²) in [7, 11) is -1.32. The molecule has 0 aromatic carbocycles. The fraction of sp³-hybridized carbons (Fsp3) is 0.500. The number of rotatable bonds is 4. The third-order valence-electron chi connectivity index (χ3n) is 2.33. The Morgan fingerprint density at radius 1 is 1.38 bits per heavy atom. The van der Waals surface area contributed by atoms with E-state index in [-0.39, 0.29) is 5.91 Å². The van der Waals surface area contributed by atoms with Gasteiger partial charge in [0.25, 0.3) is 0 Å². The fourth-order valence-corrected chi connectivity index (χ4v) is 2.48. The van der Waals surface area contributed by atoms with Gasteiger partial charge in [-0.15, -0.1) is 0 Å². The fourth-order valence-electron chi connectivity index (χ4n) is 1.40. The molecule has 0 unspecified atom stereocenters. The summed E-state index contributed by atoms with van der Waals surface area (Å²) in [5, 5.41) is 4.01. The first-order valence-corrected chi connectivity index (χ1v) is 9.10. The molecule has 0 saturated heterocycles. The van der Waals surface area contributed by atoms with Gasteiger partial charge in [0.05, 0.1) is 0 Å². The van der Waals surface area contributed by atoms with Crippen LogP contribution in [0, 0.1) is 0 Å². The van der Waals surface area contributed by atoms with E-state index >= 15 is 0 Å². The molecule has 1 aromatic rings. The monoisotopic (exact) mass is 236 g/mol. The van der Waals surface area contributed by atoms with Crippen LogP contribution in [0.25, 0.3) is 0 Å². The Labute approximate surface area is 98.3 Å². The van der Waals surface area contributed by atoms with Gasteiger partial charge in [-0.1, -0.05) is 25.7 Å². The van der Waals surface area contributed by atoms with Crippen molar-refractivity contribution in [1.29, 1.82) is 0 Å². The maximum atomic E-state index is 10.7. The van der Waals surface area contributed by atoms with Crippen LogP contribution in [0.15, 0.2) is 18.2 Å². The number of pyridine rings is 1. The van der Waals surface area contributed by atoms with Crippen LogP contribution < -0.4 is 10.6 Å². The number of amides is 1. The van der Waals surface area contributed by atoms with Crippen LogP contribution in [0.4, 0.5) is 0 Å². The molecule has 0 atom stereocenters. The summed E-state index contributed by atoms with van der Waals surface area (Å²) in [5.41, 5.74) is 1.06. The number of carbonyl (C=O) groups excluding carboxylic acids is 1. The molecule has 0 bridgehead atoms. The van der Waals surface area contributed by atoms with E-state index in [1.807, 2.05) is 6.07 Å². The zero-order valence-corrected chi connectivity index (χ0v) is 11.5. The van der Waals surface area contributed by atoms with Crippen molar-refractivity contribution in [2.24, 2.45) is 0 Å². The van der Waals surface area contributed by atoms with Gasteiger partial charge in [0, 0.05) is 30.9 Å². The Morgan fingerprint density at radius 3 is 2.62 bits per heavy atom. The van der Waals surface area contributed by atoms with E-state index in [1.165, 1.54) is 12.2 Å². The Morgan fingerprint density at radius 2 is 2.06 bits per heavy atom. The van der Waals surface area contributed by atoms with Crippen LogP contribution >= 0.6 is 0 Å². The summed E-state index contributed by atoms with van der Waals surface area (Å²) in [6.45, 7) is 9.05. The molecule has 1 heterocycles. The normalized spacial score (nSPS) is 11.2. The van der Waals surface area contributed by atoms with Gasteiger partial charge in [-0.3, -0.25) is 9.78 Å². The molecule has 1 rings (SSSR count). The van der Waals surface area contributed by atoms with Crippen molar-refractivity contribution < 1.29 is 4.79 Å². The molecule has 4 heteroatoms. The zero-order valence-electron chi connectivity index (χ0n) is 10.5. The van der Waals surface area contributed by atoms with Crippen LogP contribution in [0.1, 0.15) is 12.6 Å². The first-order valence-electron chi connectivity index (χ1n) is 5.60. The predicted octanol–water partition coefficient (Wildman–Crippen LogP) is 1.31.